The molecule has 0 spiro atoms. The number of rotatable bonds is 1. The minimum atomic E-state index is 0.216. The van der Waals surface area contributed by atoms with Crippen molar-refractivity contribution in [3.05, 3.63) is 58.2 Å². The van der Waals surface area contributed by atoms with Crippen molar-refractivity contribution in [2.45, 2.75) is 6.42 Å². The van der Waals surface area contributed by atoms with E-state index >= 15 is 0 Å². The molecule has 18 heavy (non-hydrogen) atoms. The van der Waals surface area contributed by atoms with E-state index in [0.29, 0.717) is 10.4 Å². The Morgan fingerprint density at radius 1 is 1.28 bits per heavy atom. The van der Waals surface area contributed by atoms with Gasteiger partial charge in [0, 0.05) is 17.3 Å². The minimum Gasteiger partial charge on any atom is -0.507 e. The van der Waals surface area contributed by atoms with Crippen LogP contribution in [0.4, 0.5) is 0 Å². The number of ether oxygens (including phenoxy) is 1. The molecular weight excluding hydrogens is 294 g/mol. The van der Waals surface area contributed by atoms with Gasteiger partial charge in [0.25, 0.3) is 0 Å². The Morgan fingerprint density at radius 2 is 2.17 bits per heavy atom. The van der Waals surface area contributed by atoms with E-state index in [4.69, 9.17) is 4.74 Å². The zero-order valence-corrected chi connectivity index (χ0v) is 11.0. The van der Waals surface area contributed by atoms with Gasteiger partial charge in [-0.25, -0.2) is 4.98 Å². The Bertz CT molecular complexity index is 637. The van der Waals surface area contributed by atoms with Crippen molar-refractivity contribution >= 4 is 21.7 Å². The summed E-state index contributed by atoms with van der Waals surface area (Å²) in [6.45, 7) is 0. The van der Waals surface area contributed by atoms with Crippen molar-refractivity contribution in [2.75, 3.05) is 0 Å². The maximum Gasteiger partial charge on any atom is 0.222 e. The number of phenolic OH excluding ortho intramolecular Hbond substituents is 1. The lowest BCUT2D eigenvalue weighted by Gasteiger charge is -2.17. The largest absolute Gasteiger partial charge is 0.507 e. The number of halogens is 1. The summed E-state index contributed by atoms with van der Waals surface area (Å²) in [4.78, 5) is 4.21. The number of benzene rings is 1. The van der Waals surface area contributed by atoms with Gasteiger partial charge in [0.1, 0.15) is 11.5 Å². The average molecular weight is 304 g/mol. The number of aromatic hydroxyl groups is 1. The molecule has 3 rings (SSSR count). The summed E-state index contributed by atoms with van der Waals surface area (Å²) in [5, 5.41) is 9.48. The monoisotopic (exact) mass is 303 g/mol. The van der Waals surface area contributed by atoms with Gasteiger partial charge in [-0.3, -0.25) is 0 Å². The number of nitrogens with zero attached hydrogens (tertiary/aromatic N) is 1. The van der Waals surface area contributed by atoms with Gasteiger partial charge < -0.3 is 9.84 Å². The van der Waals surface area contributed by atoms with Crippen molar-refractivity contribution in [3.8, 4) is 11.6 Å². The second-order valence-electron chi connectivity index (χ2n) is 4.01. The molecule has 90 valence electrons. The predicted molar refractivity (Wildman–Crippen MR) is 72.4 cm³/mol. The van der Waals surface area contributed by atoms with Gasteiger partial charge in [-0.15, -0.1) is 0 Å². The Hall–Kier alpha value is -1.81. The van der Waals surface area contributed by atoms with E-state index in [1.165, 1.54) is 0 Å². The van der Waals surface area contributed by atoms with Crippen LogP contribution in [0.3, 0.4) is 0 Å². The Labute approximate surface area is 113 Å². The van der Waals surface area contributed by atoms with Crippen LogP contribution >= 0.6 is 15.9 Å². The third kappa shape index (κ3) is 1.99. The van der Waals surface area contributed by atoms with E-state index in [2.05, 4.69) is 20.9 Å². The van der Waals surface area contributed by atoms with Gasteiger partial charge in [0.15, 0.2) is 0 Å². The van der Waals surface area contributed by atoms with Gasteiger partial charge >= 0.3 is 0 Å². The van der Waals surface area contributed by atoms with Crippen molar-refractivity contribution in [1.29, 1.82) is 0 Å². The number of aromatic nitrogens is 1. The van der Waals surface area contributed by atoms with Gasteiger partial charge in [-0.05, 0) is 52.7 Å². The molecule has 1 aliphatic heterocycles. The number of fused-ring (bicyclic) bond motifs is 1. The topological polar surface area (TPSA) is 42.4 Å². The lowest BCUT2D eigenvalue weighted by molar-refractivity contribution is 0.469. The Kier molecular flexibility index (Phi) is 2.80. The summed E-state index contributed by atoms with van der Waals surface area (Å²) in [5.41, 5.74) is 2.00. The summed E-state index contributed by atoms with van der Waals surface area (Å²) in [6.07, 6.45) is 4.54. The van der Waals surface area contributed by atoms with Crippen LogP contribution < -0.4 is 4.74 Å². The molecule has 3 nitrogen and oxygen atoms in total. The zero-order chi connectivity index (χ0) is 12.5. The van der Waals surface area contributed by atoms with E-state index in [0.717, 1.165) is 23.3 Å². The first-order chi connectivity index (χ1) is 8.74. The highest BCUT2D eigenvalue weighted by molar-refractivity contribution is 9.10. The van der Waals surface area contributed by atoms with Crippen molar-refractivity contribution in [3.63, 3.8) is 0 Å². The predicted octanol–water partition coefficient (Wildman–Crippen LogP) is 3.53. The van der Waals surface area contributed by atoms with Crippen molar-refractivity contribution in [2.24, 2.45) is 0 Å². The van der Waals surface area contributed by atoms with E-state index in [1.807, 2.05) is 30.3 Å². The highest BCUT2D eigenvalue weighted by Gasteiger charge is 2.15. The number of allylic oxidation sites excluding steroid dienone is 1. The number of hydrogen-bond acceptors (Lipinski definition) is 3. The fourth-order valence-corrected chi connectivity index (χ4v) is 2.24. The third-order valence-corrected chi connectivity index (χ3v) is 3.43. The van der Waals surface area contributed by atoms with Gasteiger partial charge in [-0.2, -0.15) is 0 Å². The van der Waals surface area contributed by atoms with Crippen LogP contribution in [0, 0.1) is 0 Å². The molecule has 0 bridgehead atoms. The second kappa shape index (κ2) is 4.46. The molecule has 0 saturated heterocycles. The van der Waals surface area contributed by atoms with Crippen LogP contribution in [-0.4, -0.2) is 10.1 Å². The van der Waals surface area contributed by atoms with E-state index < -0.39 is 0 Å². The maximum absolute atomic E-state index is 9.48. The average Bonchev–Trinajstić information content (AvgIpc) is 2.41. The molecule has 2 aromatic rings. The van der Waals surface area contributed by atoms with Crippen LogP contribution in [0.5, 0.6) is 11.6 Å². The number of hydrogen-bond donors (Lipinski definition) is 1. The molecule has 1 aromatic heterocycles. The van der Waals surface area contributed by atoms with Gasteiger partial charge in [0.05, 0.1) is 4.47 Å². The first-order valence-electron chi connectivity index (χ1n) is 5.55. The van der Waals surface area contributed by atoms with Crippen LogP contribution in [-0.2, 0) is 6.42 Å². The van der Waals surface area contributed by atoms with Crippen LogP contribution in [0.25, 0.3) is 5.76 Å². The number of pyridine rings is 1. The molecule has 0 aliphatic carbocycles. The smallest absolute Gasteiger partial charge is 0.222 e. The summed E-state index contributed by atoms with van der Waals surface area (Å²) >= 11 is 3.30. The Morgan fingerprint density at radius 3 is 3.00 bits per heavy atom. The van der Waals surface area contributed by atoms with Crippen molar-refractivity contribution < 1.29 is 9.84 Å². The SMILES string of the molecule is Oc1ccc(C2=CCc3cccnc3O2)cc1Br. The molecule has 0 saturated carbocycles. The highest BCUT2D eigenvalue weighted by atomic mass is 79.9. The second-order valence-corrected chi connectivity index (χ2v) is 4.86. The highest BCUT2D eigenvalue weighted by Crippen LogP contribution is 2.32. The molecular formula is C14H10BrNO2. The maximum atomic E-state index is 9.48. The molecule has 0 fully saturated rings. The summed E-state index contributed by atoms with van der Waals surface area (Å²) < 4.78 is 6.41. The van der Waals surface area contributed by atoms with Crippen LogP contribution in [0.2, 0.25) is 0 Å². The van der Waals surface area contributed by atoms with Crippen LogP contribution in [0.1, 0.15) is 11.1 Å². The number of phenols is 1. The lowest BCUT2D eigenvalue weighted by atomic mass is 10.1. The summed E-state index contributed by atoms with van der Waals surface area (Å²) in [5.74, 6) is 1.63. The summed E-state index contributed by atoms with van der Waals surface area (Å²) in [7, 11) is 0. The molecule has 2 heterocycles. The van der Waals surface area contributed by atoms with E-state index in [-0.39, 0.29) is 5.75 Å². The van der Waals surface area contributed by atoms with Gasteiger partial charge in [0.2, 0.25) is 5.88 Å². The third-order valence-electron chi connectivity index (χ3n) is 2.80. The molecule has 1 aliphatic rings. The molecule has 1 N–H and O–H groups in total. The quantitative estimate of drug-likeness (QED) is 0.876. The molecule has 1 aromatic carbocycles. The van der Waals surface area contributed by atoms with E-state index in [9.17, 15) is 5.11 Å². The fraction of sp³-hybridized carbons (Fsp3) is 0.0714. The molecule has 4 heteroatoms. The lowest BCUT2D eigenvalue weighted by Crippen LogP contribution is -2.05. The molecule has 0 unspecified atom stereocenters. The summed E-state index contributed by atoms with van der Waals surface area (Å²) in [6, 6.07) is 9.19. The minimum absolute atomic E-state index is 0.216. The fourth-order valence-electron chi connectivity index (χ4n) is 1.86. The standard InChI is InChI=1S/C14H10BrNO2/c15-11-8-10(3-5-12(11)17)13-6-4-9-2-1-7-16-14(9)18-13/h1-3,5-8,17H,4H2. The van der Waals surface area contributed by atoms with Crippen molar-refractivity contribution in [1.82, 2.24) is 4.98 Å². The first-order valence-corrected chi connectivity index (χ1v) is 6.34. The Balaban J connectivity index is 1.95. The normalized spacial score (nSPS) is 13.5. The molecule has 0 atom stereocenters. The molecule has 0 amide bonds. The van der Waals surface area contributed by atoms with Gasteiger partial charge in [-0.1, -0.05) is 6.07 Å². The van der Waals surface area contributed by atoms with E-state index in [1.54, 1.807) is 12.3 Å². The van der Waals surface area contributed by atoms with Crippen LogP contribution in [0.15, 0.2) is 47.1 Å². The molecule has 0 radical (unpaired) electrons. The first kappa shape index (κ1) is 11.3. The zero-order valence-electron chi connectivity index (χ0n) is 9.43.